The van der Waals surface area contributed by atoms with Crippen LogP contribution >= 0.6 is 0 Å². The topological polar surface area (TPSA) is 49.7 Å². The monoisotopic (exact) mass is 492 g/mol. The summed E-state index contributed by atoms with van der Waals surface area (Å²) in [5.74, 6) is 0. The van der Waals surface area contributed by atoms with Crippen molar-refractivity contribution >= 4 is 19.0 Å². The van der Waals surface area contributed by atoms with Crippen molar-refractivity contribution in [3.05, 3.63) is 70.3 Å². The van der Waals surface area contributed by atoms with Crippen molar-refractivity contribution in [3.63, 3.8) is 0 Å². The highest BCUT2D eigenvalue weighted by molar-refractivity contribution is 6.47. The lowest BCUT2D eigenvalue weighted by atomic mass is 9.68. The van der Waals surface area contributed by atoms with Crippen LogP contribution in [0.15, 0.2) is 42.5 Å². The molecule has 0 bridgehead atoms. The van der Waals surface area contributed by atoms with E-state index in [0.717, 1.165) is 23.9 Å². The predicted molar refractivity (Wildman–Crippen MR) is 157 cm³/mol. The molecule has 0 spiro atoms. The molecule has 0 fully saturated rings. The van der Waals surface area contributed by atoms with Gasteiger partial charge in [0.2, 0.25) is 0 Å². The minimum Gasteiger partial charge on any atom is -0.427 e. The third-order valence-corrected chi connectivity index (χ3v) is 8.78. The molecular formula is C32H49BO3. The molecule has 0 radical (unpaired) electrons. The lowest BCUT2D eigenvalue weighted by Gasteiger charge is -2.38. The van der Waals surface area contributed by atoms with Gasteiger partial charge in [0, 0.05) is 5.41 Å². The molecule has 36 heavy (non-hydrogen) atoms. The average molecular weight is 493 g/mol. The third kappa shape index (κ3) is 6.51. The van der Waals surface area contributed by atoms with E-state index in [2.05, 4.69) is 70.2 Å². The van der Waals surface area contributed by atoms with Gasteiger partial charge in [-0.25, -0.2) is 0 Å². The van der Waals surface area contributed by atoms with E-state index >= 15 is 0 Å². The SMILES string of the molecule is CCC(O)(/C=C/c1ccc(C(CC)(CC)c2ccc(BOC(C)(C)C(C)(C)O)c(C)c2)cc1C)CC. The highest BCUT2D eigenvalue weighted by Gasteiger charge is 2.36. The molecule has 0 aliphatic carbocycles. The Morgan fingerprint density at radius 3 is 1.75 bits per heavy atom. The van der Waals surface area contributed by atoms with Gasteiger partial charge in [0.25, 0.3) is 0 Å². The highest BCUT2D eigenvalue weighted by atomic mass is 16.5. The van der Waals surface area contributed by atoms with Crippen LogP contribution in [0, 0.1) is 13.8 Å². The molecule has 0 aromatic heterocycles. The smallest absolute Gasteiger partial charge is 0.309 e. The Bertz CT molecular complexity index is 1040. The van der Waals surface area contributed by atoms with Crippen LogP contribution in [-0.4, -0.2) is 34.5 Å². The largest absolute Gasteiger partial charge is 0.427 e. The molecule has 0 saturated carbocycles. The zero-order valence-corrected chi connectivity index (χ0v) is 24.5. The number of hydrogen-bond donors (Lipinski definition) is 2. The molecule has 0 atom stereocenters. The van der Waals surface area contributed by atoms with Gasteiger partial charge in [0.15, 0.2) is 0 Å². The molecule has 0 saturated heterocycles. The summed E-state index contributed by atoms with van der Waals surface area (Å²) in [5, 5.41) is 21.1. The quantitative estimate of drug-likeness (QED) is 0.332. The van der Waals surface area contributed by atoms with Gasteiger partial charge >= 0.3 is 7.48 Å². The van der Waals surface area contributed by atoms with E-state index in [9.17, 15) is 10.2 Å². The van der Waals surface area contributed by atoms with Gasteiger partial charge in [-0.2, -0.15) is 0 Å². The first-order valence-corrected chi connectivity index (χ1v) is 13.7. The van der Waals surface area contributed by atoms with E-state index in [1.807, 2.05) is 33.8 Å². The Morgan fingerprint density at radius 1 is 0.778 bits per heavy atom. The zero-order chi connectivity index (χ0) is 27.4. The van der Waals surface area contributed by atoms with E-state index < -0.39 is 16.8 Å². The Balaban J connectivity index is 2.39. The summed E-state index contributed by atoms with van der Waals surface area (Å²) in [4.78, 5) is 0. The van der Waals surface area contributed by atoms with Crippen LogP contribution in [0.5, 0.6) is 0 Å². The fourth-order valence-electron chi connectivity index (χ4n) is 4.71. The van der Waals surface area contributed by atoms with Crippen LogP contribution in [0.1, 0.15) is 109 Å². The van der Waals surface area contributed by atoms with Crippen molar-refractivity contribution in [2.45, 2.75) is 117 Å². The summed E-state index contributed by atoms with van der Waals surface area (Å²) in [7, 11) is 0.469. The van der Waals surface area contributed by atoms with Crippen LogP contribution in [0.25, 0.3) is 6.08 Å². The van der Waals surface area contributed by atoms with Crippen molar-refractivity contribution in [2.75, 3.05) is 0 Å². The standard InChI is InChI=1S/C32H49BO3/c1-11-31(35,12-2)20-19-25-15-16-26(21-23(25)5)32(13-3,14-4)27-17-18-28(24(6)22-27)33-36-30(9,10)29(7,8)34/h15-22,33-35H,11-14H2,1-10H3/b20-19+. The molecule has 0 unspecified atom stereocenters. The second-order valence-electron chi connectivity index (χ2n) is 11.5. The van der Waals surface area contributed by atoms with Crippen molar-refractivity contribution in [1.82, 2.24) is 0 Å². The summed E-state index contributed by atoms with van der Waals surface area (Å²) in [6.45, 7) is 20.3. The number of benzene rings is 2. The van der Waals surface area contributed by atoms with Crippen LogP contribution in [0.3, 0.4) is 0 Å². The maximum Gasteiger partial charge on any atom is 0.309 e. The van der Waals surface area contributed by atoms with Crippen molar-refractivity contribution in [1.29, 1.82) is 0 Å². The molecule has 2 rings (SSSR count). The molecule has 0 aliphatic heterocycles. The van der Waals surface area contributed by atoms with Crippen LogP contribution in [0.4, 0.5) is 0 Å². The summed E-state index contributed by atoms with van der Waals surface area (Å²) in [6.07, 6.45) is 7.45. The minimum atomic E-state index is -0.925. The second kappa shape index (κ2) is 11.7. The molecule has 3 nitrogen and oxygen atoms in total. The second-order valence-corrected chi connectivity index (χ2v) is 11.5. The Morgan fingerprint density at radius 2 is 1.31 bits per heavy atom. The fourth-order valence-corrected chi connectivity index (χ4v) is 4.71. The first-order chi connectivity index (χ1) is 16.7. The molecule has 2 aromatic carbocycles. The van der Waals surface area contributed by atoms with Gasteiger partial charge in [-0.1, -0.05) is 81.8 Å². The van der Waals surface area contributed by atoms with E-state index in [4.69, 9.17) is 4.65 Å². The molecule has 2 N–H and O–H groups in total. The normalized spacial score (nSPS) is 13.4. The van der Waals surface area contributed by atoms with Gasteiger partial charge in [0.1, 0.15) is 0 Å². The average Bonchev–Trinajstić information content (AvgIpc) is 2.83. The van der Waals surface area contributed by atoms with E-state index in [1.165, 1.54) is 22.3 Å². The van der Waals surface area contributed by atoms with Gasteiger partial charge < -0.3 is 14.9 Å². The Kier molecular flexibility index (Phi) is 9.84. The maximum atomic E-state index is 10.7. The zero-order valence-electron chi connectivity index (χ0n) is 24.5. The lowest BCUT2D eigenvalue weighted by Crippen LogP contribution is -2.49. The third-order valence-electron chi connectivity index (χ3n) is 8.78. The number of aliphatic hydroxyl groups is 2. The molecule has 0 heterocycles. The summed E-state index contributed by atoms with van der Waals surface area (Å²) in [5.41, 5.74) is 4.99. The van der Waals surface area contributed by atoms with Crippen molar-refractivity contribution in [3.8, 4) is 0 Å². The molecule has 2 aromatic rings. The molecule has 4 heteroatoms. The minimum absolute atomic E-state index is 0.0723. The number of rotatable bonds is 12. The van der Waals surface area contributed by atoms with Gasteiger partial charge in [-0.15, -0.1) is 0 Å². The molecule has 198 valence electrons. The lowest BCUT2D eigenvalue weighted by molar-refractivity contribution is -0.0893. The Labute approximate surface area is 221 Å². The molecular weight excluding hydrogens is 443 g/mol. The number of aryl methyl sites for hydroxylation is 2. The highest BCUT2D eigenvalue weighted by Crippen LogP contribution is 2.40. The fraction of sp³-hybridized carbons (Fsp3) is 0.562. The molecule has 0 amide bonds. The predicted octanol–water partition coefficient (Wildman–Crippen LogP) is 6.52. The van der Waals surface area contributed by atoms with Gasteiger partial charge in [0.05, 0.1) is 16.8 Å². The Hall–Kier alpha value is -1.88. The first-order valence-electron chi connectivity index (χ1n) is 13.7. The van der Waals surface area contributed by atoms with E-state index in [0.29, 0.717) is 20.3 Å². The van der Waals surface area contributed by atoms with Crippen molar-refractivity contribution in [2.24, 2.45) is 0 Å². The van der Waals surface area contributed by atoms with Crippen LogP contribution in [-0.2, 0) is 10.1 Å². The van der Waals surface area contributed by atoms with Gasteiger partial charge in [-0.3, -0.25) is 0 Å². The van der Waals surface area contributed by atoms with E-state index in [1.54, 1.807) is 13.8 Å². The first kappa shape index (κ1) is 30.3. The van der Waals surface area contributed by atoms with E-state index in [-0.39, 0.29) is 5.41 Å². The van der Waals surface area contributed by atoms with Crippen LogP contribution < -0.4 is 5.46 Å². The summed E-state index contributed by atoms with van der Waals surface area (Å²) >= 11 is 0. The van der Waals surface area contributed by atoms with Crippen LogP contribution in [0.2, 0.25) is 0 Å². The summed E-state index contributed by atoms with van der Waals surface area (Å²) < 4.78 is 6.14. The van der Waals surface area contributed by atoms with Gasteiger partial charge in [-0.05, 0) is 94.9 Å². The maximum absolute atomic E-state index is 10.7. The van der Waals surface area contributed by atoms with Crippen molar-refractivity contribution < 1.29 is 14.9 Å². The molecule has 0 aliphatic rings. The summed E-state index contributed by atoms with van der Waals surface area (Å²) in [6, 6.07) is 13.5. The number of hydrogen-bond acceptors (Lipinski definition) is 3.